The Labute approximate surface area is 114 Å². The van der Waals surface area contributed by atoms with Gasteiger partial charge in [-0.05, 0) is 18.6 Å². The van der Waals surface area contributed by atoms with E-state index in [-0.39, 0.29) is 11.9 Å². The second kappa shape index (κ2) is 7.40. The van der Waals surface area contributed by atoms with Crippen LogP contribution in [0.4, 0.5) is 0 Å². The van der Waals surface area contributed by atoms with Gasteiger partial charge in [-0.15, -0.1) is 11.3 Å². The molecule has 18 heavy (non-hydrogen) atoms. The van der Waals surface area contributed by atoms with Gasteiger partial charge in [0.15, 0.2) is 0 Å². The van der Waals surface area contributed by atoms with E-state index in [9.17, 15) is 9.59 Å². The van der Waals surface area contributed by atoms with Gasteiger partial charge in [0, 0.05) is 16.4 Å². The summed E-state index contributed by atoms with van der Waals surface area (Å²) in [5.74, 6) is 6.10. The first-order valence-electron chi connectivity index (χ1n) is 5.33. The Hall–Kier alpha value is -1.05. The van der Waals surface area contributed by atoms with Crippen LogP contribution in [0.25, 0.3) is 0 Å². The molecule has 3 N–H and O–H groups in total. The number of aryl methyl sites for hydroxylation is 1. The van der Waals surface area contributed by atoms with E-state index in [1.165, 1.54) is 18.4 Å². The molecule has 1 rings (SSSR count). The van der Waals surface area contributed by atoms with Gasteiger partial charge in [0.2, 0.25) is 0 Å². The zero-order chi connectivity index (χ0) is 13.5. The van der Waals surface area contributed by atoms with Crippen molar-refractivity contribution >= 4 is 35.0 Å². The number of ether oxygens (including phenoxy) is 1. The topological polar surface area (TPSA) is 81.4 Å². The van der Waals surface area contributed by atoms with Crippen molar-refractivity contribution in [2.24, 2.45) is 5.84 Å². The first-order chi connectivity index (χ1) is 8.58. The summed E-state index contributed by atoms with van der Waals surface area (Å²) in [6.07, 6.45) is 0.403. The first kappa shape index (κ1) is 15.0. The highest BCUT2D eigenvalue weighted by Crippen LogP contribution is 2.25. The van der Waals surface area contributed by atoms with Crippen LogP contribution in [0.2, 0.25) is 0 Å². The highest BCUT2D eigenvalue weighted by atomic mass is 32.2. The minimum absolute atomic E-state index is 0.201. The highest BCUT2D eigenvalue weighted by Gasteiger charge is 2.11. The molecule has 0 atom stereocenters. The van der Waals surface area contributed by atoms with E-state index in [4.69, 9.17) is 5.84 Å². The van der Waals surface area contributed by atoms with Crippen LogP contribution in [0.15, 0.2) is 6.07 Å². The predicted octanol–water partition coefficient (Wildman–Crippen LogP) is 1.46. The summed E-state index contributed by atoms with van der Waals surface area (Å²) < 4.78 is 4.56. The summed E-state index contributed by atoms with van der Waals surface area (Å²) in [5.41, 5.74) is 3.22. The second-order valence-corrected chi connectivity index (χ2v) is 5.91. The van der Waals surface area contributed by atoms with Crippen molar-refractivity contribution in [1.82, 2.24) is 5.43 Å². The van der Waals surface area contributed by atoms with Gasteiger partial charge in [-0.25, -0.2) is 5.84 Å². The van der Waals surface area contributed by atoms with E-state index in [2.05, 4.69) is 10.2 Å². The SMILES string of the molecule is COC(=O)CCSCc1cc(C(=O)NN)sc1C. The van der Waals surface area contributed by atoms with E-state index in [1.54, 1.807) is 11.8 Å². The average Bonchev–Trinajstić information content (AvgIpc) is 2.75. The molecule has 5 nitrogen and oxygen atoms in total. The maximum Gasteiger partial charge on any atom is 0.306 e. The Morgan fingerprint density at radius 2 is 2.28 bits per heavy atom. The number of hydrazine groups is 1. The van der Waals surface area contributed by atoms with Gasteiger partial charge in [0.1, 0.15) is 0 Å². The summed E-state index contributed by atoms with van der Waals surface area (Å²) >= 11 is 3.06. The number of thiophene rings is 1. The molecule has 0 saturated carbocycles. The maximum atomic E-state index is 11.3. The van der Waals surface area contributed by atoms with Crippen LogP contribution < -0.4 is 11.3 Å². The number of methoxy groups -OCH3 is 1. The zero-order valence-corrected chi connectivity index (χ0v) is 12.0. The Kier molecular flexibility index (Phi) is 6.17. The first-order valence-corrected chi connectivity index (χ1v) is 7.30. The lowest BCUT2D eigenvalue weighted by Gasteiger charge is -2.00. The minimum Gasteiger partial charge on any atom is -0.469 e. The summed E-state index contributed by atoms with van der Waals surface area (Å²) in [6.45, 7) is 1.97. The molecule has 0 fully saturated rings. The minimum atomic E-state index is -0.270. The molecule has 0 saturated heterocycles. The normalized spacial score (nSPS) is 10.2. The number of amides is 1. The quantitative estimate of drug-likeness (QED) is 0.272. The van der Waals surface area contributed by atoms with Crippen molar-refractivity contribution in [3.05, 3.63) is 21.4 Å². The van der Waals surface area contributed by atoms with Crippen molar-refractivity contribution in [1.29, 1.82) is 0 Å². The lowest BCUT2D eigenvalue weighted by molar-refractivity contribution is -0.140. The largest absolute Gasteiger partial charge is 0.469 e. The van der Waals surface area contributed by atoms with Gasteiger partial charge < -0.3 is 4.74 Å². The van der Waals surface area contributed by atoms with Crippen LogP contribution >= 0.6 is 23.1 Å². The van der Waals surface area contributed by atoms with Crippen LogP contribution in [-0.4, -0.2) is 24.7 Å². The summed E-state index contributed by atoms with van der Waals surface area (Å²) in [7, 11) is 1.38. The Morgan fingerprint density at radius 3 is 2.89 bits per heavy atom. The third-order valence-corrected chi connectivity index (χ3v) is 4.41. The van der Waals surface area contributed by atoms with Crippen molar-refractivity contribution < 1.29 is 14.3 Å². The fourth-order valence-electron chi connectivity index (χ4n) is 1.29. The molecule has 0 aromatic carbocycles. The van der Waals surface area contributed by atoms with Gasteiger partial charge in [-0.2, -0.15) is 11.8 Å². The Morgan fingerprint density at radius 1 is 1.56 bits per heavy atom. The van der Waals surface area contributed by atoms with Crippen molar-refractivity contribution in [2.45, 2.75) is 19.1 Å². The number of carbonyl (C=O) groups excluding carboxylic acids is 2. The van der Waals surface area contributed by atoms with E-state index in [0.29, 0.717) is 17.1 Å². The number of rotatable bonds is 6. The molecule has 0 spiro atoms. The molecule has 100 valence electrons. The molecule has 0 aliphatic carbocycles. The van der Waals surface area contributed by atoms with Crippen LogP contribution in [0.5, 0.6) is 0 Å². The number of hydrogen-bond donors (Lipinski definition) is 2. The number of nitrogen functional groups attached to an aromatic ring is 1. The number of hydrogen-bond acceptors (Lipinski definition) is 6. The lowest BCUT2D eigenvalue weighted by Crippen LogP contribution is -2.29. The standard InChI is InChI=1S/C11H16N2O3S2/c1-7-8(5-9(18-7)11(15)13-12)6-17-4-3-10(14)16-2/h5H,3-4,6,12H2,1-2H3,(H,13,15). The lowest BCUT2D eigenvalue weighted by atomic mass is 10.3. The molecule has 0 bridgehead atoms. The molecule has 0 aliphatic heterocycles. The molecule has 1 aromatic heterocycles. The molecule has 0 aliphatic rings. The average molecular weight is 288 g/mol. The Balaban J connectivity index is 2.45. The second-order valence-electron chi connectivity index (χ2n) is 3.54. The number of thioether (sulfide) groups is 1. The zero-order valence-electron chi connectivity index (χ0n) is 10.3. The van der Waals surface area contributed by atoms with Crippen molar-refractivity contribution in [2.75, 3.05) is 12.9 Å². The maximum absolute atomic E-state index is 11.3. The Bertz CT molecular complexity index is 432. The van der Waals surface area contributed by atoms with E-state index in [1.807, 2.05) is 13.0 Å². The van der Waals surface area contributed by atoms with Crippen molar-refractivity contribution in [3.63, 3.8) is 0 Å². The highest BCUT2D eigenvalue weighted by molar-refractivity contribution is 7.98. The fourth-order valence-corrected chi connectivity index (χ4v) is 3.30. The van der Waals surface area contributed by atoms with Crippen LogP contribution in [0, 0.1) is 6.92 Å². The number of carbonyl (C=O) groups is 2. The number of esters is 1. The van der Waals surface area contributed by atoms with Gasteiger partial charge in [0.05, 0.1) is 18.4 Å². The fraction of sp³-hybridized carbons (Fsp3) is 0.455. The van der Waals surface area contributed by atoms with Crippen LogP contribution in [-0.2, 0) is 15.3 Å². The van der Waals surface area contributed by atoms with Crippen molar-refractivity contribution in [3.8, 4) is 0 Å². The van der Waals surface area contributed by atoms with E-state index >= 15 is 0 Å². The third kappa shape index (κ3) is 4.32. The molecule has 1 heterocycles. The molecule has 0 radical (unpaired) electrons. The van der Waals surface area contributed by atoms with Gasteiger partial charge >= 0.3 is 5.97 Å². The molecular formula is C11H16N2O3S2. The summed E-state index contributed by atoms with van der Waals surface area (Å²) in [5, 5.41) is 0. The number of nitrogens with one attached hydrogen (secondary N) is 1. The molecule has 0 unspecified atom stereocenters. The predicted molar refractivity (Wildman–Crippen MR) is 73.5 cm³/mol. The van der Waals surface area contributed by atoms with Crippen LogP contribution in [0.3, 0.4) is 0 Å². The van der Waals surface area contributed by atoms with Gasteiger partial charge in [-0.3, -0.25) is 15.0 Å². The van der Waals surface area contributed by atoms with E-state index < -0.39 is 0 Å². The van der Waals surface area contributed by atoms with E-state index in [0.717, 1.165) is 16.2 Å². The monoisotopic (exact) mass is 288 g/mol. The molecule has 7 heteroatoms. The third-order valence-electron chi connectivity index (χ3n) is 2.31. The van der Waals surface area contributed by atoms with Gasteiger partial charge in [-0.1, -0.05) is 0 Å². The number of nitrogens with two attached hydrogens (primary N) is 1. The smallest absolute Gasteiger partial charge is 0.306 e. The molecule has 1 amide bonds. The summed E-state index contributed by atoms with van der Waals surface area (Å²) in [4.78, 5) is 24.0. The van der Waals surface area contributed by atoms with Crippen LogP contribution in [0.1, 0.15) is 26.5 Å². The molecule has 1 aromatic rings. The summed E-state index contributed by atoms with van der Waals surface area (Å²) in [6, 6.07) is 1.84. The molecular weight excluding hydrogens is 272 g/mol. The van der Waals surface area contributed by atoms with Gasteiger partial charge in [0.25, 0.3) is 5.91 Å².